The Morgan fingerprint density at radius 3 is 2.78 bits per heavy atom. The summed E-state index contributed by atoms with van der Waals surface area (Å²) >= 11 is 3.34. The summed E-state index contributed by atoms with van der Waals surface area (Å²) in [5.74, 6) is 0.261. The number of aryl methyl sites for hydroxylation is 1. The molecule has 0 fully saturated rings. The first kappa shape index (κ1) is 17.4. The van der Waals surface area contributed by atoms with Crippen LogP contribution < -0.4 is 5.32 Å². The molecule has 3 aromatic heterocycles. The van der Waals surface area contributed by atoms with Crippen LogP contribution in [0.1, 0.15) is 17.3 Å². The quantitative estimate of drug-likeness (QED) is 0.525. The maximum absolute atomic E-state index is 12.9. The second-order valence-corrected chi connectivity index (χ2v) is 6.89. The number of benzene rings is 1. The van der Waals surface area contributed by atoms with Gasteiger partial charge in [0, 0.05) is 34.4 Å². The number of aromatic nitrogens is 4. The zero-order chi connectivity index (χ0) is 18.8. The van der Waals surface area contributed by atoms with Gasteiger partial charge in [0.25, 0.3) is 5.91 Å². The highest BCUT2D eigenvalue weighted by molar-refractivity contribution is 9.10. The standard InChI is InChI=1S/C20H16BrN5O/c1-2-26-12-13(10-23-26)18-9-16(15-5-3-4-6-17(15)24-18)20(27)25-19-8-7-14(21)11-22-19/h3-12H,2H2,1H3,(H,22,25,27). The van der Waals surface area contributed by atoms with Gasteiger partial charge in [0.2, 0.25) is 0 Å². The van der Waals surface area contributed by atoms with E-state index in [4.69, 9.17) is 4.98 Å². The van der Waals surface area contributed by atoms with E-state index in [0.29, 0.717) is 17.1 Å². The molecule has 1 aromatic carbocycles. The average Bonchev–Trinajstić information content (AvgIpc) is 3.18. The molecule has 0 atom stereocenters. The maximum Gasteiger partial charge on any atom is 0.257 e. The molecule has 4 aromatic rings. The smallest absolute Gasteiger partial charge is 0.257 e. The van der Waals surface area contributed by atoms with Gasteiger partial charge in [-0.25, -0.2) is 9.97 Å². The fourth-order valence-corrected chi connectivity index (χ4v) is 3.05. The minimum atomic E-state index is -0.229. The number of amides is 1. The van der Waals surface area contributed by atoms with Crippen molar-refractivity contribution >= 4 is 38.6 Å². The molecule has 27 heavy (non-hydrogen) atoms. The van der Waals surface area contributed by atoms with E-state index in [1.807, 2.05) is 48.1 Å². The number of carbonyl (C=O) groups excluding carboxylic acids is 1. The van der Waals surface area contributed by atoms with Crippen LogP contribution in [0.2, 0.25) is 0 Å². The lowest BCUT2D eigenvalue weighted by atomic mass is 10.0. The zero-order valence-corrected chi connectivity index (χ0v) is 16.1. The molecule has 1 amide bonds. The molecule has 0 spiro atoms. The molecular weight excluding hydrogens is 406 g/mol. The molecular formula is C20H16BrN5O. The van der Waals surface area contributed by atoms with Crippen molar-refractivity contribution in [3.63, 3.8) is 0 Å². The van der Waals surface area contributed by atoms with Crippen LogP contribution in [-0.4, -0.2) is 25.7 Å². The number of nitrogens with zero attached hydrogens (tertiary/aromatic N) is 4. The third-order valence-electron chi connectivity index (χ3n) is 4.18. The van der Waals surface area contributed by atoms with E-state index in [9.17, 15) is 4.79 Å². The van der Waals surface area contributed by atoms with Crippen molar-refractivity contribution in [2.75, 3.05) is 5.32 Å². The van der Waals surface area contributed by atoms with Crippen LogP contribution in [0.15, 0.2) is 65.5 Å². The van der Waals surface area contributed by atoms with Gasteiger partial charge in [-0.15, -0.1) is 0 Å². The number of fused-ring (bicyclic) bond motifs is 1. The highest BCUT2D eigenvalue weighted by Gasteiger charge is 2.15. The molecule has 7 heteroatoms. The number of halogens is 1. The van der Waals surface area contributed by atoms with Crippen LogP contribution in [0, 0.1) is 0 Å². The Balaban J connectivity index is 1.78. The van der Waals surface area contributed by atoms with E-state index in [2.05, 4.69) is 31.3 Å². The van der Waals surface area contributed by atoms with Crippen LogP contribution in [0.4, 0.5) is 5.82 Å². The number of rotatable bonds is 4. The first-order chi connectivity index (χ1) is 13.1. The summed E-state index contributed by atoms with van der Waals surface area (Å²) in [6, 6.07) is 13.0. The Bertz CT molecular complexity index is 1120. The Morgan fingerprint density at radius 1 is 1.19 bits per heavy atom. The number of nitrogens with one attached hydrogen (secondary N) is 1. The van der Waals surface area contributed by atoms with Gasteiger partial charge in [-0.3, -0.25) is 9.48 Å². The summed E-state index contributed by atoms with van der Waals surface area (Å²) in [6.45, 7) is 2.80. The molecule has 1 N–H and O–H groups in total. The predicted molar refractivity (Wildman–Crippen MR) is 109 cm³/mol. The van der Waals surface area contributed by atoms with Crippen LogP contribution >= 0.6 is 15.9 Å². The van der Waals surface area contributed by atoms with Gasteiger partial charge < -0.3 is 5.32 Å². The number of carbonyl (C=O) groups is 1. The number of para-hydroxylation sites is 1. The fraction of sp³-hybridized carbons (Fsp3) is 0.100. The SMILES string of the molecule is CCn1cc(-c2cc(C(=O)Nc3ccc(Br)cn3)c3ccccc3n2)cn1. The van der Waals surface area contributed by atoms with Gasteiger partial charge in [0.1, 0.15) is 5.82 Å². The summed E-state index contributed by atoms with van der Waals surface area (Å²) in [6.07, 6.45) is 5.33. The van der Waals surface area contributed by atoms with Gasteiger partial charge in [0.05, 0.1) is 23.0 Å². The summed E-state index contributed by atoms with van der Waals surface area (Å²) in [5, 5.41) is 7.95. The lowest BCUT2D eigenvalue weighted by Crippen LogP contribution is -2.14. The van der Waals surface area contributed by atoms with Crippen molar-refractivity contribution in [2.24, 2.45) is 0 Å². The van der Waals surface area contributed by atoms with Crippen molar-refractivity contribution in [1.82, 2.24) is 19.7 Å². The minimum Gasteiger partial charge on any atom is -0.307 e. The van der Waals surface area contributed by atoms with E-state index in [1.165, 1.54) is 0 Å². The van der Waals surface area contributed by atoms with Gasteiger partial charge in [0.15, 0.2) is 0 Å². The molecule has 0 bridgehead atoms. The first-order valence-electron chi connectivity index (χ1n) is 8.49. The Hall–Kier alpha value is -3.06. The van der Waals surface area contributed by atoms with Gasteiger partial charge in [-0.05, 0) is 47.1 Å². The number of hydrogen-bond donors (Lipinski definition) is 1. The Kier molecular flexibility index (Phi) is 4.68. The number of hydrogen-bond acceptors (Lipinski definition) is 4. The summed E-state index contributed by atoms with van der Waals surface area (Å²) in [4.78, 5) is 21.9. The molecule has 0 aliphatic rings. The average molecular weight is 422 g/mol. The minimum absolute atomic E-state index is 0.229. The third-order valence-corrected chi connectivity index (χ3v) is 4.65. The van der Waals surface area contributed by atoms with Crippen molar-refractivity contribution < 1.29 is 4.79 Å². The summed E-state index contributed by atoms with van der Waals surface area (Å²) < 4.78 is 2.68. The molecule has 4 rings (SSSR count). The molecule has 0 radical (unpaired) electrons. The zero-order valence-electron chi connectivity index (χ0n) is 14.6. The van der Waals surface area contributed by atoms with Crippen molar-refractivity contribution in [3.8, 4) is 11.3 Å². The van der Waals surface area contributed by atoms with Crippen LogP contribution in [0.5, 0.6) is 0 Å². The van der Waals surface area contributed by atoms with Crippen LogP contribution in [0.25, 0.3) is 22.2 Å². The van der Waals surface area contributed by atoms with Gasteiger partial charge in [-0.2, -0.15) is 5.10 Å². The van der Waals surface area contributed by atoms with Crippen LogP contribution in [0.3, 0.4) is 0 Å². The lowest BCUT2D eigenvalue weighted by Gasteiger charge is -2.09. The second-order valence-electron chi connectivity index (χ2n) is 5.97. The highest BCUT2D eigenvalue weighted by Crippen LogP contribution is 2.25. The molecule has 0 saturated carbocycles. The topological polar surface area (TPSA) is 72.7 Å². The molecule has 0 unspecified atom stereocenters. The largest absolute Gasteiger partial charge is 0.307 e. The van der Waals surface area contributed by atoms with E-state index >= 15 is 0 Å². The van der Waals surface area contributed by atoms with E-state index in [1.54, 1.807) is 24.5 Å². The number of pyridine rings is 2. The monoisotopic (exact) mass is 421 g/mol. The van der Waals surface area contributed by atoms with Crippen molar-refractivity contribution in [2.45, 2.75) is 13.5 Å². The number of anilines is 1. The van der Waals surface area contributed by atoms with Crippen molar-refractivity contribution in [1.29, 1.82) is 0 Å². The lowest BCUT2D eigenvalue weighted by molar-refractivity contribution is 0.102. The van der Waals surface area contributed by atoms with E-state index in [0.717, 1.165) is 27.5 Å². The second kappa shape index (κ2) is 7.28. The summed E-state index contributed by atoms with van der Waals surface area (Å²) in [5.41, 5.74) is 2.89. The molecule has 0 saturated heterocycles. The fourth-order valence-electron chi connectivity index (χ4n) is 2.81. The predicted octanol–water partition coefficient (Wildman–Crippen LogP) is 4.53. The van der Waals surface area contributed by atoms with Crippen molar-refractivity contribution in [3.05, 3.63) is 71.1 Å². The Labute approximate surface area is 164 Å². The van der Waals surface area contributed by atoms with Gasteiger partial charge >= 0.3 is 0 Å². The molecule has 134 valence electrons. The maximum atomic E-state index is 12.9. The summed E-state index contributed by atoms with van der Waals surface area (Å²) in [7, 11) is 0. The molecule has 3 heterocycles. The molecule has 0 aliphatic heterocycles. The van der Waals surface area contributed by atoms with E-state index in [-0.39, 0.29) is 5.91 Å². The molecule has 6 nitrogen and oxygen atoms in total. The Morgan fingerprint density at radius 2 is 2.04 bits per heavy atom. The van der Waals surface area contributed by atoms with Gasteiger partial charge in [-0.1, -0.05) is 18.2 Å². The highest BCUT2D eigenvalue weighted by atomic mass is 79.9. The van der Waals surface area contributed by atoms with E-state index < -0.39 is 0 Å². The first-order valence-corrected chi connectivity index (χ1v) is 9.29. The normalized spacial score (nSPS) is 10.9. The third kappa shape index (κ3) is 3.59. The molecule has 0 aliphatic carbocycles. The van der Waals surface area contributed by atoms with Crippen LogP contribution in [-0.2, 0) is 6.54 Å².